The predicted octanol–water partition coefficient (Wildman–Crippen LogP) is 6.12. The lowest BCUT2D eigenvalue weighted by Gasteiger charge is -2.08. The SMILES string of the molecule is NN.O=C(Cl)c1ccccc1.O=C(Cl)c1ccccc1.O=C(Cl)c1ccccc1CC(F)(F)F. The first-order valence-electron chi connectivity index (χ1n) is 9.19. The summed E-state index contributed by atoms with van der Waals surface area (Å²) in [5.74, 6) is 8.00. The topological polar surface area (TPSA) is 103 Å². The molecule has 182 valence electrons. The molecule has 0 aliphatic rings. The molecule has 0 saturated heterocycles. The second-order valence-corrected chi connectivity index (χ2v) is 7.03. The number of rotatable bonds is 4. The maximum Gasteiger partial charge on any atom is 0.393 e. The van der Waals surface area contributed by atoms with Crippen molar-refractivity contribution in [2.45, 2.75) is 12.6 Å². The van der Waals surface area contributed by atoms with E-state index in [-0.39, 0.29) is 11.1 Å². The molecule has 0 aromatic heterocycles. The zero-order valence-corrected chi connectivity index (χ0v) is 19.7. The number of hydrazine groups is 1. The third kappa shape index (κ3) is 13.7. The molecular formula is C23H20Cl3F3N2O3. The van der Waals surface area contributed by atoms with Crippen LogP contribution in [-0.4, -0.2) is 21.9 Å². The number of benzene rings is 3. The molecule has 0 atom stereocenters. The third-order valence-electron chi connectivity index (χ3n) is 3.62. The van der Waals surface area contributed by atoms with Crippen LogP contribution >= 0.6 is 34.8 Å². The highest BCUT2D eigenvalue weighted by Gasteiger charge is 2.29. The molecule has 0 unspecified atom stereocenters. The maximum absolute atomic E-state index is 12.0. The van der Waals surface area contributed by atoms with E-state index in [4.69, 9.17) is 34.8 Å². The Morgan fingerprint density at radius 1 is 0.618 bits per heavy atom. The molecule has 4 N–H and O–H groups in total. The molecule has 0 aliphatic carbocycles. The summed E-state index contributed by atoms with van der Waals surface area (Å²) >= 11 is 15.5. The van der Waals surface area contributed by atoms with Gasteiger partial charge in [-0.15, -0.1) is 0 Å². The molecule has 11 heteroatoms. The van der Waals surface area contributed by atoms with Crippen molar-refractivity contribution < 1.29 is 27.6 Å². The molecule has 0 fully saturated rings. The highest BCUT2D eigenvalue weighted by atomic mass is 35.5. The minimum absolute atomic E-state index is 0.0912. The lowest BCUT2D eigenvalue weighted by molar-refractivity contribution is -0.127. The first kappa shape index (κ1) is 31.2. The van der Waals surface area contributed by atoms with Crippen molar-refractivity contribution in [1.82, 2.24) is 0 Å². The second-order valence-electron chi connectivity index (χ2n) is 6.00. The van der Waals surface area contributed by atoms with Gasteiger partial charge in [0.15, 0.2) is 0 Å². The average Bonchev–Trinajstić information content (AvgIpc) is 2.81. The summed E-state index contributed by atoms with van der Waals surface area (Å²) in [6.07, 6.45) is -5.47. The molecule has 0 aliphatic heterocycles. The summed E-state index contributed by atoms with van der Waals surface area (Å²) < 4.78 is 36.1. The molecule has 3 aromatic carbocycles. The number of nitrogens with two attached hydrogens (primary N) is 2. The van der Waals surface area contributed by atoms with Crippen LogP contribution in [0.1, 0.15) is 36.6 Å². The quantitative estimate of drug-likeness (QED) is 0.238. The Kier molecular flexibility index (Phi) is 15.4. The molecule has 0 saturated carbocycles. The summed E-state index contributed by atoms with van der Waals surface area (Å²) in [5, 5.41) is -1.68. The number of hydrogen-bond donors (Lipinski definition) is 2. The van der Waals surface area contributed by atoms with E-state index >= 15 is 0 Å². The summed E-state index contributed by atoms with van der Waals surface area (Å²) in [7, 11) is 0. The minimum Gasteiger partial charge on any atom is -0.276 e. The Bertz CT molecular complexity index is 986. The Balaban J connectivity index is 0.000000479. The monoisotopic (exact) mass is 534 g/mol. The fourth-order valence-corrected chi connectivity index (χ4v) is 2.66. The van der Waals surface area contributed by atoms with Crippen LogP contribution in [0.15, 0.2) is 84.9 Å². The summed E-state index contributed by atoms with van der Waals surface area (Å²) in [4.78, 5) is 31.6. The summed E-state index contributed by atoms with van der Waals surface area (Å²) in [5.41, 5.74) is 0.893. The van der Waals surface area contributed by atoms with Crippen molar-refractivity contribution in [2.75, 3.05) is 0 Å². The molecule has 0 heterocycles. The summed E-state index contributed by atoms with van der Waals surface area (Å²) in [6, 6.07) is 22.9. The van der Waals surface area contributed by atoms with Gasteiger partial charge in [-0.2, -0.15) is 13.2 Å². The molecular weight excluding hydrogens is 516 g/mol. The largest absolute Gasteiger partial charge is 0.393 e. The van der Waals surface area contributed by atoms with Gasteiger partial charge in [0.2, 0.25) is 0 Å². The Morgan fingerprint density at radius 2 is 0.971 bits per heavy atom. The van der Waals surface area contributed by atoms with Crippen LogP contribution in [0, 0.1) is 0 Å². The van der Waals surface area contributed by atoms with E-state index in [1.54, 1.807) is 48.5 Å². The van der Waals surface area contributed by atoms with Crippen LogP contribution in [0.3, 0.4) is 0 Å². The van der Waals surface area contributed by atoms with Gasteiger partial charge in [-0.05, 0) is 46.4 Å². The number of carbonyl (C=O) groups excluding carboxylic acids is 3. The number of halogens is 6. The average molecular weight is 536 g/mol. The normalized spacial score (nSPS) is 9.65. The lowest BCUT2D eigenvalue weighted by Crippen LogP contribution is -2.13. The van der Waals surface area contributed by atoms with Gasteiger partial charge in [-0.1, -0.05) is 78.9 Å². The van der Waals surface area contributed by atoms with Gasteiger partial charge < -0.3 is 0 Å². The third-order valence-corrected chi connectivity index (χ3v) is 4.26. The van der Waals surface area contributed by atoms with E-state index in [0.29, 0.717) is 11.1 Å². The van der Waals surface area contributed by atoms with E-state index < -0.39 is 28.3 Å². The van der Waals surface area contributed by atoms with Crippen molar-refractivity contribution in [3.8, 4) is 0 Å². The fraction of sp³-hybridized carbons (Fsp3) is 0.0870. The van der Waals surface area contributed by atoms with Gasteiger partial charge in [-0.3, -0.25) is 26.1 Å². The van der Waals surface area contributed by atoms with Gasteiger partial charge in [0.1, 0.15) is 0 Å². The molecule has 0 amide bonds. The fourth-order valence-electron chi connectivity index (χ4n) is 2.22. The zero-order valence-electron chi connectivity index (χ0n) is 17.4. The van der Waals surface area contributed by atoms with Crippen LogP contribution in [0.4, 0.5) is 13.2 Å². The van der Waals surface area contributed by atoms with Crippen LogP contribution in [0.25, 0.3) is 0 Å². The first-order chi connectivity index (χ1) is 16.0. The van der Waals surface area contributed by atoms with Crippen molar-refractivity contribution in [3.05, 3.63) is 107 Å². The van der Waals surface area contributed by atoms with E-state index in [1.807, 2.05) is 12.1 Å². The van der Waals surface area contributed by atoms with Gasteiger partial charge in [-0.25, -0.2) is 0 Å². The lowest BCUT2D eigenvalue weighted by atomic mass is 10.1. The summed E-state index contributed by atoms with van der Waals surface area (Å²) in [6.45, 7) is 0. The highest BCUT2D eigenvalue weighted by molar-refractivity contribution is 6.68. The zero-order chi connectivity index (χ0) is 26.1. The smallest absolute Gasteiger partial charge is 0.276 e. The molecule has 34 heavy (non-hydrogen) atoms. The minimum atomic E-state index is -4.33. The van der Waals surface area contributed by atoms with Gasteiger partial charge in [0.05, 0.1) is 6.42 Å². The van der Waals surface area contributed by atoms with Crippen LogP contribution in [-0.2, 0) is 6.42 Å². The molecule has 5 nitrogen and oxygen atoms in total. The van der Waals surface area contributed by atoms with E-state index in [2.05, 4.69) is 11.7 Å². The second kappa shape index (κ2) is 16.8. The highest BCUT2D eigenvalue weighted by Crippen LogP contribution is 2.24. The first-order valence-corrected chi connectivity index (χ1v) is 10.3. The van der Waals surface area contributed by atoms with E-state index in [1.165, 1.54) is 24.3 Å². The van der Waals surface area contributed by atoms with Gasteiger partial charge in [0, 0.05) is 16.7 Å². The number of alkyl halides is 3. The number of hydrogen-bond acceptors (Lipinski definition) is 5. The number of carbonyl (C=O) groups is 3. The van der Waals surface area contributed by atoms with Crippen LogP contribution in [0.5, 0.6) is 0 Å². The van der Waals surface area contributed by atoms with Crippen molar-refractivity contribution >= 4 is 50.5 Å². The van der Waals surface area contributed by atoms with Crippen LogP contribution in [0.2, 0.25) is 0 Å². The van der Waals surface area contributed by atoms with Gasteiger partial charge >= 0.3 is 6.18 Å². The molecule has 3 rings (SSSR count). The standard InChI is InChI=1S/C9H6ClF3O.2C7H5ClO.H4N2/c10-8(14)7-4-2-1-3-6(7)5-9(11,12)13;2*8-7(9)6-4-2-1-3-5-6;1-2/h1-4H,5H2;2*1-5H;1-2H2. The van der Waals surface area contributed by atoms with Gasteiger partial charge in [0.25, 0.3) is 15.7 Å². The Labute approximate surface area is 209 Å². The Hall–Kier alpha value is -2.75. The molecule has 0 spiro atoms. The molecule has 0 radical (unpaired) electrons. The van der Waals surface area contributed by atoms with Crippen molar-refractivity contribution in [2.24, 2.45) is 11.7 Å². The van der Waals surface area contributed by atoms with Crippen molar-refractivity contribution in [3.63, 3.8) is 0 Å². The van der Waals surface area contributed by atoms with E-state index in [9.17, 15) is 27.6 Å². The maximum atomic E-state index is 12.0. The molecule has 3 aromatic rings. The predicted molar refractivity (Wildman–Crippen MR) is 128 cm³/mol. The Morgan fingerprint density at radius 3 is 1.26 bits per heavy atom. The van der Waals surface area contributed by atoms with Crippen LogP contribution < -0.4 is 11.7 Å². The molecule has 0 bridgehead atoms. The van der Waals surface area contributed by atoms with Crippen molar-refractivity contribution in [1.29, 1.82) is 0 Å². The van der Waals surface area contributed by atoms with E-state index in [0.717, 1.165) is 0 Å².